The van der Waals surface area contributed by atoms with Crippen molar-refractivity contribution in [2.75, 3.05) is 13.2 Å². The molecule has 1 saturated heterocycles. The van der Waals surface area contributed by atoms with Gasteiger partial charge in [0.05, 0.1) is 11.5 Å². The van der Waals surface area contributed by atoms with E-state index in [1.165, 1.54) is 4.90 Å². The van der Waals surface area contributed by atoms with Crippen LogP contribution in [0.4, 0.5) is 4.79 Å². The first-order valence-corrected chi connectivity index (χ1v) is 7.96. The van der Waals surface area contributed by atoms with E-state index >= 15 is 0 Å². The molecule has 5 heteroatoms. The van der Waals surface area contributed by atoms with E-state index in [2.05, 4.69) is 0 Å². The van der Waals surface area contributed by atoms with Crippen molar-refractivity contribution < 1.29 is 14.3 Å². The quantitative estimate of drug-likeness (QED) is 0.747. The lowest BCUT2D eigenvalue weighted by molar-refractivity contribution is -0.122. The zero-order valence-electron chi connectivity index (χ0n) is 12.3. The molecular formula is C16H19NO3S. The average Bonchev–Trinajstić information content (AvgIpc) is 2.74. The Balaban J connectivity index is 2.22. The molecule has 1 aromatic carbocycles. The summed E-state index contributed by atoms with van der Waals surface area (Å²) in [5, 5.41) is -0.186. The minimum atomic E-state index is -0.204. The maximum absolute atomic E-state index is 12.3. The molecule has 0 radical (unpaired) electrons. The van der Waals surface area contributed by atoms with E-state index in [0.29, 0.717) is 18.1 Å². The number of hydrogen-bond donors (Lipinski definition) is 0. The van der Waals surface area contributed by atoms with Gasteiger partial charge in [0.25, 0.3) is 11.1 Å². The van der Waals surface area contributed by atoms with Crippen molar-refractivity contribution in [2.45, 2.75) is 26.7 Å². The third-order valence-electron chi connectivity index (χ3n) is 3.11. The van der Waals surface area contributed by atoms with Crippen LogP contribution < -0.4 is 4.74 Å². The largest absolute Gasteiger partial charge is 0.493 e. The lowest BCUT2D eigenvalue weighted by atomic mass is 10.2. The van der Waals surface area contributed by atoms with Crippen molar-refractivity contribution in [3.63, 3.8) is 0 Å². The first-order chi connectivity index (χ1) is 10.2. The molecule has 0 atom stereocenters. The summed E-state index contributed by atoms with van der Waals surface area (Å²) < 4.78 is 5.54. The summed E-state index contributed by atoms with van der Waals surface area (Å²) in [5.41, 5.74) is 0.820. The van der Waals surface area contributed by atoms with Gasteiger partial charge in [0, 0.05) is 12.1 Å². The zero-order chi connectivity index (χ0) is 15.2. The first-order valence-electron chi connectivity index (χ1n) is 7.14. The maximum Gasteiger partial charge on any atom is 0.293 e. The molecule has 1 aromatic rings. The van der Waals surface area contributed by atoms with Crippen molar-refractivity contribution in [2.24, 2.45) is 0 Å². The molecule has 21 heavy (non-hydrogen) atoms. The molecule has 2 amide bonds. The van der Waals surface area contributed by atoms with E-state index in [1.807, 2.05) is 38.1 Å². The monoisotopic (exact) mass is 305 g/mol. The highest BCUT2D eigenvalue weighted by molar-refractivity contribution is 8.18. The predicted octanol–water partition coefficient (Wildman–Crippen LogP) is 3.92. The molecule has 0 N–H and O–H groups in total. The Morgan fingerprint density at radius 2 is 2.00 bits per heavy atom. The molecular weight excluding hydrogens is 286 g/mol. The molecule has 0 spiro atoms. The van der Waals surface area contributed by atoms with Gasteiger partial charge >= 0.3 is 0 Å². The Hall–Kier alpha value is -1.75. The summed E-state index contributed by atoms with van der Waals surface area (Å²) in [6.07, 6.45) is 3.52. The van der Waals surface area contributed by atoms with E-state index in [1.54, 1.807) is 6.08 Å². The zero-order valence-corrected chi connectivity index (χ0v) is 13.1. The van der Waals surface area contributed by atoms with Crippen LogP contribution in [0.3, 0.4) is 0 Å². The Bertz CT molecular complexity index is 568. The lowest BCUT2D eigenvalue weighted by Gasteiger charge is -2.11. The van der Waals surface area contributed by atoms with Crippen LogP contribution in [0.2, 0.25) is 0 Å². The summed E-state index contributed by atoms with van der Waals surface area (Å²) in [4.78, 5) is 26.0. The van der Waals surface area contributed by atoms with Crippen LogP contribution in [-0.4, -0.2) is 29.2 Å². The second-order valence-corrected chi connectivity index (χ2v) is 5.65. The molecule has 1 aliphatic heterocycles. The van der Waals surface area contributed by atoms with Gasteiger partial charge in [0.2, 0.25) is 0 Å². The molecule has 0 aliphatic carbocycles. The number of imide groups is 1. The average molecular weight is 305 g/mol. The van der Waals surface area contributed by atoms with Gasteiger partial charge in [-0.05, 0) is 37.2 Å². The van der Waals surface area contributed by atoms with Crippen LogP contribution in [0.5, 0.6) is 5.75 Å². The minimum Gasteiger partial charge on any atom is -0.493 e. The Morgan fingerprint density at radius 1 is 1.24 bits per heavy atom. The van der Waals surface area contributed by atoms with Crippen LogP contribution in [0.15, 0.2) is 29.2 Å². The van der Waals surface area contributed by atoms with E-state index in [4.69, 9.17) is 4.74 Å². The number of amides is 2. The number of para-hydroxylation sites is 1. The molecule has 0 unspecified atom stereocenters. The number of nitrogens with zero attached hydrogens (tertiary/aromatic N) is 1. The lowest BCUT2D eigenvalue weighted by Crippen LogP contribution is -2.29. The first kappa shape index (κ1) is 15.6. The van der Waals surface area contributed by atoms with Crippen LogP contribution in [-0.2, 0) is 4.79 Å². The molecule has 1 fully saturated rings. The summed E-state index contributed by atoms with van der Waals surface area (Å²) in [6.45, 7) is 5.00. The number of ether oxygens (including phenoxy) is 1. The number of unbranched alkanes of at least 4 members (excludes halogenated alkanes) is 1. The van der Waals surface area contributed by atoms with Gasteiger partial charge in [-0.1, -0.05) is 31.5 Å². The van der Waals surface area contributed by atoms with Gasteiger partial charge < -0.3 is 4.74 Å². The van der Waals surface area contributed by atoms with E-state index in [9.17, 15) is 9.59 Å². The molecule has 0 saturated carbocycles. The van der Waals surface area contributed by atoms with E-state index < -0.39 is 0 Å². The third-order valence-corrected chi connectivity index (χ3v) is 4.02. The van der Waals surface area contributed by atoms with Crippen molar-refractivity contribution in [1.29, 1.82) is 0 Å². The molecule has 1 aliphatic rings. The van der Waals surface area contributed by atoms with Crippen LogP contribution >= 0.6 is 11.8 Å². The van der Waals surface area contributed by atoms with E-state index in [0.717, 1.165) is 35.9 Å². The Labute approximate surface area is 129 Å². The molecule has 0 bridgehead atoms. The number of benzene rings is 1. The van der Waals surface area contributed by atoms with Gasteiger partial charge in [-0.3, -0.25) is 14.5 Å². The summed E-state index contributed by atoms with van der Waals surface area (Å²) in [6, 6.07) is 7.51. The van der Waals surface area contributed by atoms with Crippen LogP contribution in [0.25, 0.3) is 6.08 Å². The molecule has 0 aromatic heterocycles. The van der Waals surface area contributed by atoms with Crippen molar-refractivity contribution in [1.82, 2.24) is 4.90 Å². The highest BCUT2D eigenvalue weighted by atomic mass is 32.2. The fourth-order valence-corrected chi connectivity index (χ4v) is 2.89. The fourth-order valence-electron chi connectivity index (χ4n) is 2.04. The Kier molecular flexibility index (Phi) is 5.44. The molecule has 112 valence electrons. The number of carbonyl (C=O) groups is 2. The van der Waals surface area contributed by atoms with Crippen LogP contribution in [0, 0.1) is 0 Å². The van der Waals surface area contributed by atoms with Crippen molar-refractivity contribution in [3.05, 3.63) is 34.7 Å². The standard InChI is InChI=1S/C16H19NO3S/c1-3-5-10-17-15(18)14(21-16(17)19)11-12-8-6-7-9-13(12)20-4-2/h6-9,11H,3-5,10H2,1-2H3/b14-11-. The second kappa shape index (κ2) is 7.31. The second-order valence-electron chi connectivity index (χ2n) is 4.66. The van der Waals surface area contributed by atoms with E-state index in [-0.39, 0.29) is 11.1 Å². The molecule has 2 rings (SSSR count). The summed E-state index contributed by atoms with van der Waals surface area (Å²) in [7, 11) is 0. The van der Waals surface area contributed by atoms with Crippen LogP contribution in [0.1, 0.15) is 32.3 Å². The van der Waals surface area contributed by atoms with Gasteiger partial charge in [0.15, 0.2) is 0 Å². The van der Waals surface area contributed by atoms with Gasteiger partial charge in [-0.2, -0.15) is 0 Å². The summed E-state index contributed by atoms with van der Waals surface area (Å²) >= 11 is 0.997. The molecule has 1 heterocycles. The molecule has 4 nitrogen and oxygen atoms in total. The van der Waals surface area contributed by atoms with Gasteiger partial charge in [-0.25, -0.2) is 0 Å². The smallest absolute Gasteiger partial charge is 0.293 e. The topological polar surface area (TPSA) is 46.6 Å². The number of carbonyl (C=O) groups excluding carboxylic acids is 2. The summed E-state index contributed by atoms with van der Waals surface area (Å²) in [5.74, 6) is 0.519. The highest BCUT2D eigenvalue weighted by Crippen LogP contribution is 2.34. The SMILES string of the molecule is CCCCN1C(=O)S/C(=C\c2ccccc2OCC)C1=O. The van der Waals surface area contributed by atoms with Crippen molar-refractivity contribution in [3.8, 4) is 5.75 Å². The number of hydrogen-bond acceptors (Lipinski definition) is 4. The number of thioether (sulfide) groups is 1. The Morgan fingerprint density at radius 3 is 2.71 bits per heavy atom. The fraction of sp³-hybridized carbons (Fsp3) is 0.375. The number of rotatable bonds is 6. The highest BCUT2D eigenvalue weighted by Gasteiger charge is 2.34. The minimum absolute atomic E-state index is 0.186. The van der Waals surface area contributed by atoms with Gasteiger partial charge in [0.1, 0.15) is 5.75 Å². The van der Waals surface area contributed by atoms with Crippen molar-refractivity contribution >= 4 is 29.0 Å². The predicted molar refractivity (Wildman–Crippen MR) is 85.2 cm³/mol. The van der Waals surface area contributed by atoms with Gasteiger partial charge in [-0.15, -0.1) is 0 Å². The normalized spacial score (nSPS) is 16.9. The third kappa shape index (κ3) is 3.67. The maximum atomic E-state index is 12.3.